The summed E-state index contributed by atoms with van der Waals surface area (Å²) < 4.78 is 0. The lowest BCUT2D eigenvalue weighted by Crippen LogP contribution is -2.15. The molecule has 1 aromatic carbocycles. The number of carbonyl (C=O) groups excluding carboxylic acids is 1. The first kappa shape index (κ1) is 10.9. The van der Waals surface area contributed by atoms with Crippen LogP contribution >= 0.6 is 0 Å². The number of rotatable bonds is 3. The Morgan fingerprint density at radius 2 is 2.13 bits per heavy atom. The number of hydrazine groups is 1. The topological polar surface area (TPSA) is 124 Å². The van der Waals surface area contributed by atoms with Crippen molar-refractivity contribution in [1.82, 2.24) is 0 Å². The van der Waals surface area contributed by atoms with Gasteiger partial charge < -0.3 is 11.2 Å². The number of nitrogen functional groups attached to an aromatic ring is 1. The van der Waals surface area contributed by atoms with Gasteiger partial charge in [0.15, 0.2) is 0 Å². The fraction of sp³-hybridized carbons (Fsp3) is 0.125. The summed E-state index contributed by atoms with van der Waals surface area (Å²) in [6.07, 6.45) is 0. The molecule has 0 radical (unpaired) electrons. The van der Waals surface area contributed by atoms with Crippen LogP contribution in [0.1, 0.15) is 15.9 Å². The fourth-order valence-electron chi connectivity index (χ4n) is 1.23. The number of hydrogen-bond donors (Lipinski definition) is 3. The molecule has 0 spiro atoms. The highest BCUT2D eigenvalue weighted by Gasteiger charge is 2.18. The van der Waals surface area contributed by atoms with Gasteiger partial charge in [-0.2, -0.15) is 0 Å². The molecule has 0 atom stereocenters. The summed E-state index contributed by atoms with van der Waals surface area (Å²) in [6.45, 7) is 1.46. The predicted octanol–water partition coefficient (Wildman–Crippen LogP) is 0.288. The highest BCUT2D eigenvalue weighted by molar-refractivity contribution is 5.96. The van der Waals surface area contributed by atoms with Gasteiger partial charge in [-0.25, -0.2) is 0 Å². The number of nitro benzene ring substituents is 1. The molecule has 1 aromatic rings. The van der Waals surface area contributed by atoms with Crippen molar-refractivity contribution in [3.8, 4) is 0 Å². The van der Waals surface area contributed by atoms with Crippen LogP contribution in [0.3, 0.4) is 0 Å². The first-order valence-corrected chi connectivity index (χ1v) is 4.02. The lowest BCUT2D eigenvalue weighted by atomic mass is 10.1. The second-order valence-electron chi connectivity index (χ2n) is 2.93. The van der Waals surface area contributed by atoms with E-state index in [1.807, 2.05) is 0 Å². The molecule has 1 amide bonds. The van der Waals surface area contributed by atoms with Gasteiger partial charge in [0.05, 0.1) is 16.2 Å². The van der Waals surface area contributed by atoms with Crippen molar-refractivity contribution in [2.75, 3.05) is 5.43 Å². The first-order valence-electron chi connectivity index (χ1n) is 4.02. The zero-order chi connectivity index (χ0) is 11.6. The molecule has 1 rings (SSSR count). The first-order chi connectivity index (χ1) is 6.97. The Balaban J connectivity index is 3.47. The maximum Gasteiger partial charge on any atom is 0.275 e. The number of carbonyl (C=O) groups is 1. The monoisotopic (exact) mass is 210 g/mol. The normalized spacial score (nSPS) is 9.73. The molecule has 80 valence electrons. The van der Waals surface area contributed by atoms with Crippen LogP contribution in [-0.4, -0.2) is 10.8 Å². The van der Waals surface area contributed by atoms with E-state index in [9.17, 15) is 14.9 Å². The smallest absolute Gasteiger partial charge is 0.275 e. The molecule has 7 nitrogen and oxygen atoms in total. The lowest BCUT2D eigenvalue weighted by molar-refractivity contribution is -0.385. The van der Waals surface area contributed by atoms with E-state index >= 15 is 0 Å². The Hall–Kier alpha value is -2.15. The van der Waals surface area contributed by atoms with Gasteiger partial charge in [0.2, 0.25) is 5.91 Å². The van der Waals surface area contributed by atoms with Gasteiger partial charge in [-0.3, -0.25) is 20.8 Å². The Bertz CT molecular complexity index is 395. The molecule has 0 aromatic heterocycles. The Morgan fingerprint density at radius 1 is 1.53 bits per heavy atom. The van der Waals surface area contributed by atoms with Crippen molar-refractivity contribution in [1.29, 1.82) is 0 Å². The minimum atomic E-state index is -0.729. The van der Waals surface area contributed by atoms with Crippen LogP contribution in [0.25, 0.3) is 0 Å². The van der Waals surface area contributed by atoms with Gasteiger partial charge in [-0.15, -0.1) is 0 Å². The van der Waals surface area contributed by atoms with Gasteiger partial charge in [0, 0.05) is 11.6 Å². The highest BCUT2D eigenvalue weighted by atomic mass is 16.6. The molecular formula is C8H10N4O3. The van der Waals surface area contributed by atoms with Crippen LogP contribution in [0.15, 0.2) is 12.1 Å². The predicted molar refractivity (Wildman–Crippen MR) is 54.2 cm³/mol. The van der Waals surface area contributed by atoms with E-state index in [0.29, 0.717) is 0 Å². The van der Waals surface area contributed by atoms with Gasteiger partial charge >= 0.3 is 0 Å². The van der Waals surface area contributed by atoms with Crippen molar-refractivity contribution in [2.45, 2.75) is 6.92 Å². The Labute approximate surface area is 85.2 Å². The number of anilines is 1. The number of nitrogens with zero attached hydrogens (tertiary/aromatic N) is 1. The number of amides is 1. The molecule has 5 N–H and O–H groups in total. The average molecular weight is 210 g/mol. The largest absolute Gasteiger partial charge is 0.366 e. The molecule has 15 heavy (non-hydrogen) atoms. The van der Waals surface area contributed by atoms with E-state index in [1.54, 1.807) is 0 Å². The van der Waals surface area contributed by atoms with Gasteiger partial charge in [-0.05, 0) is 13.0 Å². The summed E-state index contributed by atoms with van der Waals surface area (Å²) in [6, 6.07) is 2.60. The highest BCUT2D eigenvalue weighted by Crippen LogP contribution is 2.25. The molecule has 0 saturated carbocycles. The van der Waals surface area contributed by atoms with E-state index < -0.39 is 10.8 Å². The molecule has 0 saturated heterocycles. The van der Waals surface area contributed by atoms with Crippen LogP contribution in [0.2, 0.25) is 0 Å². The summed E-state index contributed by atoms with van der Waals surface area (Å²) in [4.78, 5) is 21.1. The third-order valence-corrected chi connectivity index (χ3v) is 2.01. The number of nitrogens with one attached hydrogen (secondary N) is 1. The van der Waals surface area contributed by atoms with Crippen molar-refractivity contribution in [3.63, 3.8) is 0 Å². The molecule has 0 fully saturated rings. The summed E-state index contributed by atoms with van der Waals surface area (Å²) in [5.41, 5.74) is 7.69. The molecule has 0 unspecified atom stereocenters. The Morgan fingerprint density at radius 3 is 2.53 bits per heavy atom. The standard InChI is InChI=1S/C8H10N4O3/c1-4-6(8(9)13)2-5(11-10)3-7(4)12(14)15/h2-3,11H,10H2,1H3,(H2,9,13). The Kier molecular flexibility index (Phi) is 2.86. The summed E-state index contributed by atoms with van der Waals surface area (Å²) in [7, 11) is 0. The maximum atomic E-state index is 11.0. The third kappa shape index (κ3) is 2.02. The van der Waals surface area contributed by atoms with Crippen molar-refractivity contribution in [2.24, 2.45) is 11.6 Å². The molecule has 7 heteroatoms. The minimum absolute atomic E-state index is 0.0807. The molecule has 0 aliphatic carbocycles. The molecule has 0 heterocycles. The van der Waals surface area contributed by atoms with E-state index in [4.69, 9.17) is 11.6 Å². The zero-order valence-electron chi connectivity index (χ0n) is 7.98. The molecule has 0 bridgehead atoms. The third-order valence-electron chi connectivity index (χ3n) is 2.01. The average Bonchev–Trinajstić information content (AvgIpc) is 2.17. The van der Waals surface area contributed by atoms with Gasteiger partial charge in [-0.1, -0.05) is 0 Å². The summed E-state index contributed by atoms with van der Waals surface area (Å²) >= 11 is 0. The van der Waals surface area contributed by atoms with Crippen molar-refractivity contribution >= 4 is 17.3 Å². The van der Waals surface area contributed by atoms with E-state index in [2.05, 4.69) is 5.43 Å². The molecule has 0 aliphatic rings. The number of primary amides is 1. The fourth-order valence-corrected chi connectivity index (χ4v) is 1.23. The van der Waals surface area contributed by atoms with Gasteiger partial charge in [0.25, 0.3) is 5.69 Å². The number of nitro groups is 1. The van der Waals surface area contributed by atoms with Crippen molar-refractivity contribution in [3.05, 3.63) is 33.4 Å². The SMILES string of the molecule is Cc1c(C(N)=O)cc(NN)cc1[N+](=O)[O-]. The summed E-state index contributed by atoms with van der Waals surface area (Å²) in [5, 5.41) is 10.6. The number of hydrogen-bond acceptors (Lipinski definition) is 5. The van der Waals surface area contributed by atoms with Gasteiger partial charge in [0.1, 0.15) is 0 Å². The molecular weight excluding hydrogens is 200 g/mol. The minimum Gasteiger partial charge on any atom is -0.366 e. The number of benzene rings is 1. The zero-order valence-corrected chi connectivity index (χ0v) is 7.98. The second kappa shape index (κ2) is 3.93. The van der Waals surface area contributed by atoms with Crippen LogP contribution in [0.5, 0.6) is 0 Å². The van der Waals surface area contributed by atoms with E-state index in [1.165, 1.54) is 19.1 Å². The van der Waals surface area contributed by atoms with E-state index in [-0.39, 0.29) is 22.5 Å². The van der Waals surface area contributed by atoms with Crippen LogP contribution < -0.4 is 17.0 Å². The van der Waals surface area contributed by atoms with Crippen LogP contribution in [0.4, 0.5) is 11.4 Å². The number of nitrogens with two attached hydrogens (primary N) is 2. The van der Waals surface area contributed by atoms with Crippen LogP contribution in [-0.2, 0) is 0 Å². The van der Waals surface area contributed by atoms with E-state index in [0.717, 1.165) is 0 Å². The van der Waals surface area contributed by atoms with Crippen LogP contribution in [0, 0.1) is 17.0 Å². The van der Waals surface area contributed by atoms with Crippen molar-refractivity contribution < 1.29 is 9.72 Å². The second-order valence-corrected chi connectivity index (χ2v) is 2.93. The summed E-state index contributed by atoms with van der Waals surface area (Å²) in [5.74, 6) is 4.38. The lowest BCUT2D eigenvalue weighted by Gasteiger charge is -2.06. The molecule has 0 aliphatic heterocycles. The maximum absolute atomic E-state index is 11.0. The quantitative estimate of drug-likeness (QED) is 0.375.